The minimum absolute atomic E-state index is 0.136. The van der Waals surface area contributed by atoms with Crippen molar-refractivity contribution in [1.29, 1.82) is 0 Å². The lowest BCUT2D eigenvalue weighted by Gasteiger charge is -2.39. The predicted molar refractivity (Wildman–Crippen MR) is 103 cm³/mol. The summed E-state index contributed by atoms with van der Waals surface area (Å²) in [7, 11) is -3.63. The van der Waals surface area contributed by atoms with Crippen LogP contribution in [0, 0.1) is 0 Å². The first kappa shape index (κ1) is 20.5. The number of benzene rings is 1. The fourth-order valence-electron chi connectivity index (χ4n) is 3.19. The number of fused-ring (bicyclic) bond motifs is 1. The van der Waals surface area contributed by atoms with Crippen LogP contribution in [0.3, 0.4) is 0 Å². The summed E-state index contributed by atoms with van der Waals surface area (Å²) < 4.78 is 36.3. The lowest BCUT2D eigenvalue weighted by atomic mass is 10.2. The minimum atomic E-state index is -3.63. The molecule has 154 valence electrons. The lowest BCUT2D eigenvalue weighted by molar-refractivity contribution is -0.140. The third-order valence-electron chi connectivity index (χ3n) is 4.58. The predicted octanol–water partition coefficient (Wildman–Crippen LogP) is 1.17. The Labute approximate surface area is 168 Å². The number of rotatable bonds is 3. The molecule has 0 aromatic heterocycles. The first-order chi connectivity index (χ1) is 13.2. The molecule has 0 aliphatic carbocycles. The van der Waals surface area contributed by atoms with Crippen LogP contribution in [0.1, 0.15) is 6.92 Å². The summed E-state index contributed by atoms with van der Waals surface area (Å²) in [5, 5.41) is 0.371. The van der Waals surface area contributed by atoms with Gasteiger partial charge in [0.25, 0.3) is 5.91 Å². The molecule has 11 heteroatoms. The Hall–Kier alpha value is -2.20. The summed E-state index contributed by atoms with van der Waals surface area (Å²) in [6, 6.07) is 4.62. The van der Waals surface area contributed by atoms with Gasteiger partial charge in [0.1, 0.15) is 5.75 Å². The van der Waals surface area contributed by atoms with E-state index in [4.69, 9.17) is 21.1 Å². The number of ether oxygens (including phenoxy) is 2. The normalized spacial score (nSPS) is 19.7. The van der Waals surface area contributed by atoms with E-state index >= 15 is 0 Å². The van der Waals surface area contributed by atoms with Gasteiger partial charge in [0.05, 0.1) is 25.1 Å². The fraction of sp³-hybridized carbons (Fsp3) is 0.529. The number of piperazine rings is 1. The highest BCUT2D eigenvalue weighted by Crippen LogP contribution is 2.37. The summed E-state index contributed by atoms with van der Waals surface area (Å²) >= 11 is 5.98. The van der Waals surface area contributed by atoms with Crippen LogP contribution in [0.4, 0.5) is 10.5 Å². The van der Waals surface area contributed by atoms with Gasteiger partial charge in [-0.15, -0.1) is 0 Å². The molecule has 0 unspecified atom stereocenters. The van der Waals surface area contributed by atoms with Gasteiger partial charge >= 0.3 is 6.09 Å². The van der Waals surface area contributed by atoms with Crippen molar-refractivity contribution in [3.05, 3.63) is 23.2 Å². The standard InChI is InChI=1S/C17H22ClN3O6S/c1-3-26-17(23)20-8-6-19(7-9-20)16(22)15-11-21(28(2,24)25)13-10-12(18)4-5-14(13)27-15/h4-5,10,15H,3,6-9,11H2,1-2H3/t15-/m1/s1. The second-order valence-electron chi connectivity index (χ2n) is 6.52. The van der Waals surface area contributed by atoms with Crippen molar-refractivity contribution in [2.75, 3.05) is 49.9 Å². The summed E-state index contributed by atoms with van der Waals surface area (Å²) in [5.74, 6) is -0.0395. The first-order valence-corrected chi connectivity index (χ1v) is 11.1. The summed E-state index contributed by atoms with van der Waals surface area (Å²) in [4.78, 5) is 27.8. The molecule has 9 nitrogen and oxygen atoms in total. The third-order valence-corrected chi connectivity index (χ3v) is 5.97. The second-order valence-corrected chi connectivity index (χ2v) is 8.87. The number of halogens is 1. The van der Waals surface area contributed by atoms with Gasteiger partial charge in [-0.2, -0.15) is 0 Å². The minimum Gasteiger partial charge on any atom is -0.476 e. The molecule has 0 spiro atoms. The average molecular weight is 432 g/mol. The molecule has 3 rings (SSSR count). The number of sulfonamides is 1. The number of carbonyl (C=O) groups is 2. The molecule has 28 heavy (non-hydrogen) atoms. The van der Waals surface area contributed by atoms with Crippen molar-refractivity contribution >= 4 is 39.3 Å². The number of amides is 2. The Bertz CT molecular complexity index is 870. The number of carbonyl (C=O) groups excluding carboxylic acids is 2. The van der Waals surface area contributed by atoms with E-state index in [1.807, 2.05) is 0 Å². The van der Waals surface area contributed by atoms with E-state index < -0.39 is 22.2 Å². The van der Waals surface area contributed by atoms with Gasteiger partial charge in [-0.25, -0.2) is 13.2 Å². The van der Waals surface area contributed by atoms with Gasteiger partial charge in [-0.3, -0.25) is 9.10 Å². The molecule has 0 saturated carbocycles. The molecule has 1 aromatic carbocycles. The lowest BCUT2D eigenvalue weighted by Crippen LogP contribution is -2.57. The molecule has 1 fully saturated rings. The van der Waals surface area contributed by atoms with Crippen molar-refractivity contribution in [2.24, 2.45) is 0 Å². The van der Waals surface area contributed by atoms with Gasteiger partial charge < -0.3 is 19.3 Å². The van der Waals surface area contributed by atoms with Crippen LogP contribution in [0.25, 0.3) is 0 Å². The van der Waals surface area contributed by atoms with E-state index in [9.17, 15) is 18.0 Å². The smallest absolute Gasteiger partial charge is 0.409 e. The maximum Gasteiger partial charge on any atom is 0.409 e. The summed E-state index contributed by atoms with van der Waals surface area (Å²) in [6.07, 6.45) is -0.307. The van der Waals surface area contributed by atoms with Crippen LogP contribution in [0.2, 0.25) is 5.02 Å². The number of anilines is 1. The van der Waals surface area contributed by atoms with E-state index in [2.05, 4.69) is 0 Å². The topological polar surface area (TPSA) is 96.5 Å². The van der Waals surface area contributed by atoms with E-state index in [0.29, 0.717) is 43.5 Å². The van der Waals surface area contributed by atoms with E-state index in [-0.39, 0.29) is 18.2 Å². The van der Waals surface area contributed by atoms with E-state index in [1.54, 1.807) is 24.0 Å². The van der Waals surface area contributed by atoms with Crippen molar-refractivity contribution in [1.82, 2.24) is 9.80 Å². The van der Waals surface area contributed by atoms with Gasteiger partial charge in [0.15, 0.2) is 6.10 Å². The molecule has 1 aromatic rings. The molecule has 0 bridgehead atoms. The molecule has 2 heterocycles. The van der Waals surface area contributed by atoms with Crippen molar-refractivity contribution in [2.45, 2.75) is 13.0 Å². The Morgan fingerprint density at radius 1 is 1.21 bits per heavy atom. The molecular weight excluding hydrogens is 410 g/mol. The highest BCUT2D eigenvalue weighted by molar-refractivity contribution is 7.92. The van der Waals surface area contributed by atoms with Crippen LogP contribution in [0.15, 0.2) is 18.2 Å². The van der Waals surface area contributed by atoms with Gasteiger partial charge in [-0.1, -0.05) is 11.6 Å². The summed E-state index contributed by atoms with van der Waals surface area (Å²) in [6.45, 7) is 3.23. The molecule has 0 radical (unpaired) electrons. The maximum atomic E-state index is 12.9. The average Bonchev–Trinajstić information content (AvgIpc) is 2.66. The highest BCUT2D eigenvalue weighted by atomic mass is 35.5. The second kappa shape index (κ2) is 8.04. The van der Waals surface area contributed by atoms with Gasteiger partial charge in [-0.05, 0) is 25.1 Å². The number of hydrogen-bond acceptors (Lipinski definition) is 6. The number of hydrogen-bond donors (Lipinski definition) is 0. The van der Waals surface area contributed by atoms with Crippen LogP contribution >= 0.6 is 11.6 Å². The fourth-order valence-corrected chi connectivity index (χ4v) is 4.27. The third kappa shape index (κ3) is 4.27. The Balaban J connectivity index is 1.73. The zero-order chi connectivity index (χ0) is 20.5. The van der Waals surface area contributed by atoms with Gasteiger partial charge in [0.2, 0.25) is 10.0 Å². The Morgan fingerprint density at radius 2 is 1.86 bits per heavy atom. The van der Waals surface area contributed by atoms with Crippen molar-refractivity contribution < 1.29 is 27.5 Å². The van der Waals surface area contributed by atoms with Crippen LogP contribution in [0.5, 0.6) is 5.75 Å². The molecule has 1 atom stereocenters. The molecule has 0 N–H and O–H groups in total. The molecule has 2 amide bonds. The molecule has 1 saturated heterocycles. The van der Waals surface area contributed by atoms with E-state index in [0.717, 1.165) is 10.6 Å². The quantitative estimate of drug-likeness (QED) is 0.712. The Morgan fingerprint density at radius 3 is 2.46 bits per heavy atom. The molecule has 2 aliphatic heterocycles. The van der Waals surface area contributed by atoms with Crippen LogP contribution < -0.4 is 9.04 Å². The monoisotopic (exact) mass is 431 g/mol. The largest absolute Gasteiger partial charge is 0.476 e. The molecule has 2 aliphatic rings. The highest BCUT2D eigenvalue weighted by Gasteiger charge is 2.38. The Kier molecular flexibility index (Phi) is 5.90. The van der Waals surface area contributed by atoms with Crippen molar-refractivity contribution in [3.8, 4) is 5.75 Å². The zero-order valence-corrected chi connectivity index (χ0v) is 17.2. The maximum absolute atomic E-state index is 12.9. The zero-order valence-electron chi connectivity index (χ0n) is 15.6. The SMILES string of the molecule is CCOC(=O)N1CCN(C(=O)[C@H]2CN(S(C)(=O)=O)c3cc(Cl)ccc3O2)CC1. The first-order valence-electron chi connectivity index (χ1n) is 8.85. The van der Waals surface area contributed by atoms with Crippen molar-refractivity contribution in [3.63, 3.8) is 0 Å². The van der Waals surface area contributed by atoms with Crippen LogP contribution in [-0.4, -0.2) is 81.9 Å². The molecular formula is C17H22ClN3O6S. The number of nitrogens with zero attached hydrogens (tertiary/aromatic N) is 3. The van der Waals surface area contributed by atoms with Crippen LogP contribution in [-0.2, 0) is 19.6 Å². The van der Waals surface area contributed by atoms with Gasteiger partial charge in [0, 0.05) is 31.2 Å². The summed E-state index contributed by atoms with van der Waals surface area (Å²) in [5.41, 5.74) is 0.311. The van der Waals surface area contributed by atoms with E-state index in [1.165, 1.54) is 11.0 Å².